The van der Waals surface area contributed by atoms with E-state index in [2.05, 4.69) is 36.4 Å². The molecular formula is C19H18ClN3OS2. The van der Waals surface area contributed by atoms with E-state index in [0.717, 1.165) is 10.2 Å². The number of thiocarbonyl (C=S) groups is 1. The number of nitrogens with one attached hydrogen (secondary N) is 2. The number of thiazole rings is 1. The lowest BCUT2D eigenvalue weighted by Crippen LogP contribution is -2.34. The van der Waals surface area contributed by atoms with Gasteiger partial charge in [-0.3, -0.25) is 10.1 Å². The average Bonchev–Trinajstić information content (AvgIpc) is 2.95. The zero-order chi connectivity index (χ0) is 18.9. The lowest BCUT2D eigenvalue weighted by atomic mass is 9.87. The van der Waals surface area contributed by atoms with Gasteiger partial charge in [0.1, 0.15) is 0 Å². The predicted octanol–water partition coefficient (Wildman–Crippen LogP) is 5.37. The summed E-state index contributed by atoms with van der Waals surface area (Å²) in [7, 11) is 0. The van der Waals surface area contributed by atoms with E-state index in [-0.39, 0.29) is 16.4 Å². The normalized spacial score (nSPS) is 11.4. The largest absolute Gasteiger partial charge is 0.308 e. The molecule has 1 aromatic heterocycles. The van der Waals surface area contributed by atoms with Gasteiger partial charge in [-0.05, 0) is 53.5 Å². The highest BCUT2D eigenvalue weighted by molar-refractivity contribution is 7.80. The van der Waals surface area contributed by atoms with Gasteiger partial charge < -0.3 is 5.32 Å². The summed E-state index contributed by atoms with van der Waals surface area (Å²) in [4.78, 5) is 16.8. The number of amides is 1. The molecule has 0 radical (unpaired) electrons. The maximum atomic E-state index is 12.4. The molecule has 2 N–H and O–H groups in total. The molecule has 0 aliphatic heterocycles. The van der Waals surface area contributed by atoms with Crippen molar-refractivity contribution in [3.63, 3.8) is 0 Å². The standard InChI is InChI=1S/C19H18ClN3OS2/c1-19(2,3)12-6-4-11(5-7-12)16(24)22-17(25)23-18-21-14-9-8-13(20)10-15(14)26-18/h4-10H,1-3H3,(H2,21,22,23,24,25). The average molecular weight is 404 g/mol. The van der Waals surface area contributed by atoms with Crippen molar-refractivity contribution in [2.75, 3.05) is 5.32 Å². The zero-order valence-electron chi connectivity index (χ0n) is 14.6. The first-order chi connectivity index (χ1) is 12.2. The fourth-order valence-electron chi connectivity index (χ4n) is 2.38. The van der Waals surface area contributed by atoms with Crippen LogP contribution in [0.5, 0.6) is 0 Å². The number of carbonyl (C=O) groups is 1. The molecule has 1 amide bonds. The maximum Gasteiger partial charge on any atom is 0.257 e. The zero-order valence-corrected chi connectivity index (χ0v) is 17.0. The van der Waals surface area contributed by atoms with Gasteiger partial charge in [-0.15, -0.1) is 0 Å². The van der Waals surface area contributed by atoms with Crippen LogP contribution in [-0.2, 0) is 5.41 Å². The summed E-state index contributed by atoms with van der Waals surface area (Å²) in [5.41, 5.74) is 2.59. The van der Waals surface area contributed by atoms with Gasteiger partial charge in [-0.25, -0.2) is 4.98 Å². The number of hydrogen-bond acceptors (Lipinski definition) is 4. The second kappa shape index (κ2) is 7.31. The number of rotatable bonds is 2. The van der Waals surface area contributed by atoms with Crippen LogP contribution in [0.3, 0.4) is 0 Å². The second-order valence-corrected chi connectivity index (χ2v) is 8.74. The number of halogens is 1. The first kappa shape index (κ1) is 18.8. The fourth-order valence-corrected chi connectivity index (χ4v) is 3.78. The number of fused-ring (bicyclic) bond motifs is 1. The molecule has 0 saturated carbocycles. The van der Waals surface area contributed by atoms with Crippen molar-refractivity contribution in [2.24, 2.45) is 0 Å². The summed E-state index contributed by atoms with van der Waals surface area (Å²) in [6.07, 6.45) is 0. The molecule has 7 heteroatoms. The van der Waals surface area contributed by atoms with E-state index in [1.54, 1.807) is 18.2 Å². The van der Waals surface area contributed by atoms with Crippen molar-refractivity contribution in [2.45, 2.75) is 26.2 Å². The Labute approximate surface area is 166 Å². The molecule has 0 spiro atoms. The SMILES string of the molecule is CC(C)(C)c1ccc(C(=O)NC(=S)Nc2nc3ccc(Cl)cc3s2)cc1. The first-order valence-corrected chi connectivity index (χ1v) is 9.61. The molecule has 0 fully saturated rings. The van der Waals surface area contributed by atoms with Crippen LogP contribution in [0.2, 0.25) is 5.02 Å². The van der Waals surface area contributed by atoms with Gasteiger partial charge >= 0.3 is 0 Å². The van der Waals surface area contributed by atoms with Crippen molar-refractivity contribution < 1.29 is 4.79 Å². The smallest absolute Gasteiger partial charge is 0.257 e. The molecule has 0 atom stereocenters. The third-order valence-electron chi connectivity index (χ3n) is 3.81. The highest BCUT2D eigenvalue weighted by Gasteiger charge is 2.15. The van der Waals surface area contributed by atoms with Crippen molar-refractivity contribution in [3.8, 4) is 0 Å². The summed E-state index contributed by atoms with van der Waals surface area (Å²) >= 11 is 12.6. The summed E-state index contributed by atoms with van der Waals surface area (Å²) in [5.74, 6) is -0.257. The van der Waals surface area contributed by atoms with E-state index < -0.39 is 0 Å². The summed E-state index contributed by atoms with van der Waals surface area (Å²) in [6.45, 7) is 6.39. The molecule has 3 rings (SSSR count). The van der Waals surface area contributed by atoms with Crippen LogP contribution in [0.15, 0.2) is 42.5 Å². The van der Waals surface area contributed by atoms with E-state index in [4.69, 9.17) is 23.8 Å². The minimum Gasteiger partial charge on any atom is -0.308 e. The number of hydrogen-bond donors (Lipinski definition) is 2. The van der Waals surface area contributed by atoms with Crippen LogP contribution < -0.4 is 10.6 Å². The lowest BCUT2D eigenvalue weighted by molar-refractivity contribution is 0.0977. The molecule has 0 bridgehead atoms. The van der Waals surface area contributed by atoms with Gasteiger partial charge in [0.05, 0.1) is 10.2 Å². The Hall–Kier alpha value is -2.02. The van der Waals surface area contributed by atoms with Gasteiger partial charge in [0.25, 0.3) is 5.91 Å². The van der Waals surface area contributed by atoms with Crippen LogP contribution in [0.25, 0.3) is 10.2 Å². The molecule has 134 valence electrons. The molecule has 0 saturated heterocycles. The molecule has 2 aromatic carbocycles. The number of benzene rings is 2. The van der Waals surface area contributed by atoms with Crippen LogP contribution in [0.4, 0.5) is 5.13 Å². The molecule has 0 unspecified atom stereocenters. The van der Waals surface area contributed by atoms with Gasteiger partial charge in [-0.1, -0.05) is 55.8 Å². The Balaban J connectivity index is 1.66. The van der Waals surface area contributed by atoms with Crippen LogP contribution in [0.1, 0.15) is 36.7 Å². The summed E-state index contributed by atoms with van der Waals surface area (Å²) in [5, 5.41) is 7.10. The second-order valence-electron chi connectivity index (χ2n) is 6.87. The van der Waals surface area contributed by atoms with E-state index in [9.17, 15) is 4.79 Å². The molecule has 4 nitrogen and oxygen atoms in total. The topological polar surface area (TPSA) is 54.0 Å². The van der Waals surface area contributed by atoms with E-state index in [1.165, 1.54) is 16.9 Å². The van der Waals surface area contributed by atoms with E-state index in [0.29, 0.717) is 15.7 Å². The number of aromatic nitrogens is 1. The lowest BCUT2D eigenvalue weighted by Gasteiger charge is -2.19. The van der Waals surface area contributed by atoms with Crippen LogP contribution >= 0.6 is 35.2 Å². The Morgan fingerprint density at radius 3 is 2.50 bits per heavy atom. The van der Waals surface area contributed by atoms with E-state index in [1.807, 2.05) is 24.3 Å². The molecule has 26 heavy (non-hydrogen) atoms. The summed E-state index contributed by atoms with van der Waals surface area (Å²) in [6, 6.07) is 13.0. The molecular weight excluding hydrogens is 386 g/mol. The predicted molar refractivity (Wildman–Crippen MR) is 113 cm³/mol. The van der Waals surface area contributed by atoms with Crippen LogP contribution in [0, 0.1) is 0 Å². The Morgan fingerprint density at radius 2 is 1.85 bits per heavy atom. The van der Waals surface area contributed by atoms with Crippen molar-refractivity contribution in [1.82, 2.24) is 10.3 Å². The molecule has 1 heterocycles. The third kappa shape index (κ3) is 4.38. The molecule has 0 aliphatic rings. The minimum atomic E-state index is -0.257. The quantitative estimate of drug-likeness (QED) is 0.564. The van der Waals surface area contributed by atoms with Crippen LogP contribution in [-0.4, -0.2) is 16.0 Å². The monoisotopic (exact) mass is 403 g/mol. The van der Waals surface area contributed by atoms with Gasteiger partial charge in [0, 0.05) is 10.6 Å². The maximum absolute atomic E-state index is 12.4. The van der Waals surface area contributed by atoms with Crippen molar-refractivity contribution in [3.05, 3.63) is 58.6 Å². The number of carbonyl (C=O) groups excluding carboxylic acids is 1. The van der Waals surface area contributed by atoms with E-state index >= 15 is 0 Å². The van der Waals surface area contributed by atoms with Crippen molar-refractivity contribution in [1.29, 1.82) is 0 Å². The number of nitrogens with zero attached hydrogens (tertiary/aromatic N) is 1. The van der Waals surface area contributed by atoms with Crippen molar-refractivity contribution >= 4 is 61.5 Å². The fraction of sp³-hybridized carbons (Fsp3) is 0.211. The van der Waals surface area contributed by atoms with Gasteiger partial charge in [-0.2, -0.15) is 0 Å². The first-order valence-electron chi connectivity index (χ1n) is 8.01. The highest BCUT2D eigenvalue weighted by atomic mass is 35.5. The Morgan fingerprint density at radius 1 is 1.15 bits per heavy atom. The third-order valence-corrected chi connectivity index (χ3v) is 5.18. The highest BCUT2D eigenvalue weighted by Crippen LogP contribution is 2.28. The molecule has 0 aliphatic carbocycles. The molecule has 3 aromatic rings. The van der Waals surface area contributed by atoms with Gasteiger partial charge in [0.2, 0.25) is 0 Å². The Kier molecular flexibility index (Phi) is 5.27. The minimum absolute atomic E-state index is 0.0433. The Bertz CT molecular complexity index is 975. The summed E-state index contributed by atoms with van der Waals surface area (Å²) < 4.78 is 0.951. The number of anilines is 1. The van der Waals surface area contributed by atoms with Gasteiger partial charge in [0.15, 0.2) is 10.2 Å².